The van der Waals surface area contributed by atoms with Crippen LogP contribution in [0.4, 0.5) is 0 Å². The van der Waals surface area contributed by atoms with Crippen LogP contribution in [0.15, 0.2) is 58.8 Å². The predicted octanol–water partition coefficient (Wildman–Crippen LogP) is 4.86. The molecule has 1 atom stereocenters. The minimum absolute atomic E-state index is 0.0256. The van der Waals surface area contributed by atoms with Crippen LogP contribution >= 0.6 is 0 Å². The van der Waals surface area contributed by atoms with Gasteiger partial charge in [0.25, 0.3) is 10.1 Å². The summed E-state index contributed by atoms with van der Waals surface area (Å²) in [7, 11) is -0.0822. The van der Waals surface area contributed by atoms with Crippen LogP contribution in [-0.2, 0) is 26.7 Å². The fraction of sp³-hybridized carbons (Fsp3) is 0.231. The first-order chi connectivity index (χ1) is 17.1. The minimum atomic E-state index is -4.58. The highest BCUT2D eigenvalue weighted by atomic mass is 32.2. The van der Waals surface area contributed by atoms with E-state index >= 15 is 0 Å². The van der Waals surface area contributed by atoms with Crippen LogP contribution in [0.5, 0.6) is 23.0 Å². The summed E-state index contributed by atoms with van der Waals surface area (Å²) in [5.74, 6) is 1.99. The van der Waals surface area contributed by atoms with E-state index in [-0.39, 0.29) is 10.6 Å². The molecular weight excluding hydrogens is 504 g/mol. The lowest BCUT2D eigenvalue weighted by molar-refractivity contribution is 0.374. The zero-order chi connectivity index (χ0) is 26.5. The summed E-state index contributed by atoms with van der Waals surface area (Å²) in [5, 5.41) is 1.48. The van der Waals surface area contributed by atoms with Crippen molar-refractivity contribution in [2.45, 2.75) is 17.6 Å². The van der Waals surface area contributed by atoms with Gasteiger partial charge in [-0.1, -0.05) is 18.2 Å². The quantitative estimate of drug-likeness (QED) is 0.369. The molecule has 1 N–H and O–H groups in total. The number of benzene rings is 3. The fourth-order valence-electron chi connectivity index (χ4n) is 3.72. The third-order valence-corrected chi connectivity index (χ3v) is 7.48. The molecule has 0 aliphatic heterocycles. The predicted molar refractivity (Wildman–Crippen MR) is 140 cm³/mol. The Hall–Kier alpha value is -3.34. The van der Waals surface area contributed by atoms with Gasteiger partial charge in [0.05, 0.1) is 50.6 Å². The number of rotatable bonds is 10. The lowest BCUT2D eigenvalue weighted by atomic mass is 9.99. The standard InChI is InChI=1S/C26H28O8S2/c1-17-12-22(20-8-6-7-9-23(20)32-3)26(36(28,29)30)13-18(17)16-35(27)11-10-21-24(33-4)14-19(31-2)15-25(21)34-5/h6-15H,16H2,1-5H3,(H,28,29,30). The van der Waals surface area contributed by atoms with Crippen molar-refractivity contribution in [1.82, 2.24) is 0 Å². The average molecular weight is 533 g/mol. The van der Waals surface area contributed by atoms with Crippen molar-refractivity contribution in [2.24, 2.45) is 0 Å². The molecule has 0 amide bonds. The number of methoxy groups -OCH3 is 4. The summed E-state index contributed by atoms with van der Waals surface area (Å²) in [5.41, 5.74) is 2.62. The zero-order valence-corrected chi connectivity index (χ0v) is 22.2. The van der Waals surface area contributed by atoms with E-state index in [9.17, 15) is 17.2 Å². The Kier molecular flexibility index (Phi) is 8.78. The van der Waals surface area contributed by atoms with E-state index in [0.29, 0.717) is 50.8 Å². The molecule has 0 spiro atoms. The van der Waals surface area contributed by atoms with E-state index in [4.69, 9.17) is 18.9 Å². The van der Waals surface area contributed by atoms with Crippen LogP contribution < -0.4 is 18.9 Å². The molecule has 0 aliphatic carbocycles. The van der Waals surface area contributed by atoms with Crippen molar-refractivity contribution in [3.05, 3.63) is 70.6 Å². The minimum Gasteiger partial charge on any atom is -0.496 e. The molecule has 3 aromatic carbocycles. The summed E-state index contributed by atoms with van der Waals surface area (Å²) in [6.07, 6.45) is 1.62. The van der Waals surface area contributed by atoms with Crippen LogP contribution in [-0.4, -0.2) is 45.6 Å². The van der Waals surface area contributed by atoms with E-state index in [1.54, 1.807) is 55.5 Å². The first kappa shape index (κ1) is 27.3. The van der Waals surface area contributed by atoms with Crippen molar-refractivity contribution >= 4 is 27.0 Å². The monoisotopic (exact) mass is 532 g/mol. The second kappa shape index (κ2) is 11.6. The van der Waals surface area contributed by atoms with Gasteiger partial charge in [0.15, 0.2) is 0 Å². The second-order valence-corrected chi connectivity index (χ2v) is 10.4. The third kappa shape index (κ3) is 6.07. The smallest absolute Gasteiger partial charge is 0.295 e. The van der Waals surface area contributed by atoms with Crippen molar-refractivity contribution in [1.29, 1.82) is 0 Å². The summed E-state index contributed by atoms with van der Waals surface area (Å²) in [4.78, 5) is -0.285. The summed E-state index contributed by atoms with van der Waals surface area (Å²) < 4.78 is 68.9. The maximum atomic E-state index is 13.0. The van der Waals surface area contributed by atoms with Gasteiger partial charge in [-0.3, -0.25) is 8.76 Å². The maximum absolute atomic E-state index is 13.0. The van der Waals surface area contributed by atoms with E-state index in [0.717, 1.165) is 0 Å². The Morgan fingerprint density at radius 1 is 0.861 bits per heavy atom. The van der Waals surface area contributed by atoms with Gasteiger partial charge in [-0.2, -0.15) is 8.42 Å². The largest absolute Gasteiger partial charge is 0.496 e. The van der Waals surface area contributed by atoms with Crippen molar-refractivity contribution in [3.8, 4) is 34.1 Å². The van der Waals surface area contributed by atoms with Crippen LogP contribution in [0.1, 0.15) is 16.7 Å². The van der Waals surface area contributed by atoms with Gasteiger partial charge in [0.1, 0.15) is 27.9 Å². The van der Waals surface area contributed by atoms with E-state index < -0.39 is 20.9 Å². The molecule has 0 fully saturated rings. The Labute approximate surface area is 213 Å². The van der Waals surface area contributed by atoms with Crippen LogP contribution in [0, 0.1) is 6.92 Å². The third-order valence-electron chi connectivity index (χ3n) is 5.55. The molecule has 0 bridgehead atoms. The molecule has 3 aromatic rings. The molecule has 0 radical (unpaired) electrons. The highest BCUT2D eigenvalue weighted by molar-refractivity contribution is 7.87. The van der Waals surface area contributed by atoms with E-state index in [1.165, 1.54) is 39.9 Å². The second-order valence-electron chi connectivity index (χ2n) is 7.72. The summed E-state index contributed by atoms with van der Waals surface area (Å²) in [6, 6.07) is 13.3. The number of hydrogen-bond donors (Lipinski definition) is 1. The number of hydrogen-bond acceptors (Lipinski definition) is 7. The SMILES string of the molecule is COc1cc(OC)c(C=CS(=O)Cc2cc(S(=O)(=O)O)c(-c3ccccc3OC)cc2C)c(OC)c1. The molecule has 0 aliphatic rings. The topological polar surface area (TPSA) is 108 Å². The van der Waals surface area contributed by atoms with E-state index in [2.05, 4.69) is 0 Å². The van der Waals surface area contributed by atoms with Crippen molar-refractivity contribution in [2.75, 3.05) is 28.4 Å². The molecular formula is C26H28O8S2. The van der Waals surface area contributed by atoms with E-state index in [1.807, 2.05) is 0 Å². The molecule has 0 saturated heterocycles. The molecule has 10 heteroatoms. The van der Waals surface area contributed by atoms with Gasteiger partial charge >= 0.3 is 0 Å². The van der Waals surface area contributed by atoms with Crippen LogP contribution in [0.25, 0.3) is 17.2 Å². The first-order valence-corrected chi connectivity index (χ1v) is 13.5. The Bertz CT molecular complexity index is 1390. The lowest BCUT2D eigenvalue weighted by Gasteiger charge is -2.15. The molecule has 36 heavy (non-hydrogen) atoms. The fourth-order valence-corrected chi connectivity index (χ4v) is 5.46. The average Bonchev–Trinajstić information content (AvgIpc) is 2.87. The number of ether oxygens (including phenoxy) is 4. The molecule has 3 rings (SSSR count). The van der Waals surface area contributed by atoms with Gasteiger partial charge < -0.3 is 18.9 Å². The van der Waals surface area contributed by atoms with Crippen LogP contribution in [0.3, 0.4) is 0 Å². The molecule has 8 nitrogen and oxygen atoms in total. The molecule has 0 saturated carbocycles. The van der Waals surface area contributed by atoms with Gasteiger partial charge in [-0.25, -0.2) is 0 Å². The van der Waals surface area contributed by atoms with Gasteiger partial charge in [0, 0.05) is 28.7 Å². The van der Waals surface area contributed by atoms with Gasteiger partial charge in [0.2, 0.25) is 0 Å². The zero-order valence-electron chi connectivity index (χ0n) is 20.6. The molecule has 192 valence electrons. The number of aryl methyl sites for hydroxylation is 1. The Morgan fingerprint density at radius 3 is 2.03 bits per heavy atom. The highest BCUT2D eigenvalue weighted by Crippen LogP contribution is 2.37. The molecule has 0 aromatic heterocycles. The molecule has 1 unspecified atom stereocenters. The van der Waals surface area contributed by atoms with Crippen LogP contribution in [0.2, 0.25) is 0 Å². The van der Waals surface area contributed by atoms with Gasteiger partial charge in [-0.15, -0.1) is 0 Å². The highest BCUT2D eigenvalue weighted by Gasteiger charge is 2.21. The summed E-state index contributed by atoms with van der Waals surface area (Å²) in [6.45, 7) is 1.79. The Balaban J connectivity index is 1.99. The van der Waals surface area contributed by atoms with Gasteiger partial charge in [-0.05, 0) is 42.3 Å². The van der Waals surface area contributed by atoms with Crippen molar-refractivity contribution < 1.29 is 36.1 Å². The molecule has 0 heterocycles. The van der Waals surface area contributed by atoms with Crippen molar-refractivity contribution in [3.63, 3.8) is 0 Å². The maximum Gasteiger partial charge on any atom is 0.295 e. The first-order valence-electron chi connectivity index (χ1n) is 10.7. The normalized spacial score (nSPS) is 12.4. The number of para-hydroxylation sites is 1. The summed E-state index contributed by atoms with van der Waals surface area (Å²) >= 11 is 0. The Morgan fingerprint density at radius 2 is 1.47 bits per heavy atom. The lowest BCUT2D eigenvalue weighted by Crippen LogP contribution is -2.05.